The van der Waals surface area contributed by atoms with Crippen molar-refractivity contribution in [3.8, 4) is 0 Å². The molecule has 1 aliphatic rings. The minimum atomic E-state index is -0.511. The second kappa shape index (κ2) is 27.8. The zero-order valence-corrected chi connectivity index (χ0v) is 45.3. The van der Waals surface area contributed by atoms with Crippen LogP contribution < -0.4 is 22.1 Å². The molecule has 0 aliphatic carbocycles. The fourth-order valence-electron chi connectivity index (χ4n) is 10.7. The monoisotopic (exact) mass is 1020 g/mol. The normalized spacial score (nSPS) is 18.4. The highest BCUT2D eigenvalue weighted by Gasteiger charge is 2.63. The first-order valence-electron chi connectivity index (χ1n) is 25.8. The quantitative estimate of drug-likeness (QED) is 0.0297. The van der Waals surface area contributed by atoms with Crippen molar-refractivity contribution in [1.29, 1.82) is 0 Å². The zero-order valence-electron chi connectivity index (χ0n) is 43.7. The molecule has 5 atom stereocenters. The molecule has 0 spiro atoms. The first-order chi connectivity index (χ1) is 35.3. The van der Waals surface area contributed by atoms with Crippen LogP contribution in [0.2, 0.25) is 0 Å². The average Bonchev–Trinajstić information content (AvgIpc) is 3.41. The van der Waals surface area contributed by atoms with Crippen LogP contribution in [0.5, 0.6) is 0 Å². The Balaban J connectivity index is 0.000000286. The van der Waals surface area contributed by atoms with Gasteiger partial charge in [0.1, 0.15) is 5.60 Å². The summed E-state index contributed by atoms with van der Waals surface area (Å²) in [6.45, 7) is 16.0. The average molecular weight is 1020 g/mol. The third-order valence-electron chi connectivity index (χ3n) is 14.0. The molecule has 5 unspecified atom stereocenters. The zero-order chi connectivity index (χ0) is 52.2. The molecule has 6 aromatic carbocycles. The SMILES string of the molecule is CC(C)(C)OC(=O)NCCOCCOCCNC(=O)C(N)CCCCN.CC1SSC(C)(C(c2ccccc2)(c2ccccc2)c2ccccc2)C(C)C1C(c1ccccc1)(c1ccccc1)c1ccccc1. The maximum atomic E-state index is 11.7. The fourth-order valence-corrected chi connectivity index (χ4v) is 14.6. The summed E-state index contributed by atoms with van der Waals surface area (Å²) in [5, 5.41) is 5.69. The Labute approximate surface area is 443 Å². The maximum Gasteiger partial charge on any atom is 0.407 e. The van der Waals surface area contributed by atoms with Crippen molar-refractivity contribution in [2.75, 3.05) is 46.1 Å². The standard InChI is InChI=1S/C45H42S2.C17H36N4O5/c1-34-42(44(36-22-10-4-11-23-36,37-24-12-5-13-25-37)38-26-14-6-15-27-38)35(2)46-47-43(34,3)45(39-28-16-7-17-29-39,40-30-18-8-19-31-40)41-32-20-9-21-33-41;1-17(2,3)26-16(23)21-9-11-25-13-12-24-10-8-20-15(22)14(19)6-4-5-7-18/h4-35,42H,1-3H3;14H,4-13,18-19H2,1-3H3,(H,20,22)(H,21,23). The van der Waals surface area contributed by atoms with Crippen LogP contribution in [0.25, 0.3) is 0 Å². The number of benzene rings is 6. The topological polar surface area (TPSA) is 138 Å². The van der Waals surface area contributed by atoms with Crippen LogP contribution in [0.4, 0.5) is 4.79 Å². The number of nitrogens with two attached hydrogens (primary N) is 2. The summed E-state index contributed by atoms with van der Waals surface area (Å²) in [6, 6.07) is 67.3. The second-order valence-electron chi connectivity index (χ2n) is 19.9. The fraction of sp³-hybridized carbons (Fsp3) is 0.387. The number of hydrogen-bond donors (Lipinski definition) is 4. The lowest BCUT2D eigenvalue weighted by Crippen LogP contribution is -2.60. The summed E-state index contributed by atoms with van der Waals surface area (Å²) in [5.41, 5.74) is 17.9. The molecule has 1 fully saturated rings. The molecule has 7 rings (SSSR count). The number of carbonyl (C=O) groups is 2. The molecular formula is C62H78N4O5S2. The van der Waals surface area contributed by atoms with E-state index in [1.165, 1.54) is 33.4 Å². The van der Waals surface area contributed by atoms with Gasteiger partial charge in [-0.3, -0.25) is 4.79 Å². The molecule has 6 aromatic rings. The van der Waals surface area contributed by atoms with Crippen LogP contribution in [0.1, 0.15) is 94.2 Å². The number of unbranched alkanes of at least 4 members (excludes halogenated alkanes) is 1. The van der Waals surface area contributed by atoms with E-state index >= 15 is 0 Å². The van der Waals surface area contributed by atoms with Gasteiger partial charge in [0.05, 0.1) is 37.9 Å². The van der Waals surface area contributed by atoms with Crippen LogP contribution in [0.3, 0.4) is 0 Å². The van der Waals surface area contributed by atoms with E-state index in [0.29, 0.717) is 57.7 Å². The van der Waals surface area contributed by atoms with Gasteiger partial charge in [0.15, 0.2) is 0 Å². The number of alkyl carbamates (subject to hydrolysis) is 1. The van der Waals surface area contributed by atoms with Crippen molar-refractivity contribution in [3.63, 3.8) is 0 Å². The van der Waals surface area contributed by atoms with Gasteiger partial charge >= 0.3 is 6.09 Å². The third kappa shape index (κ3) is 14.1. The molecular weight excluding hydrogens is 945 g/mol. The van der Waals surface area contributed by atoms with E-state index in [1.54, 1.807) is 20.8 Å². The first-order valence-corrected chi connectivity index (χ1v) is 28.0. The van der Waals surface area contributed by atoms with E-state index in [9.17, 15) is 9.59 Å². The molecule has 0 radical (unpaired) electrons. The molecule has 6 N–H and O–H groups in total. The summed E-state index contributed by atoms with van der Waals surface area (Å²) in [5.74, 6) is 0.335. The van der Waals surface area contributed by atoms with E-state index in [2.05, 4.69) is 235 Å². The van der Waals surface area contributed by atoms with E-state index in [0.717, 1.165) is 12.8 Å². The van der Waals surface area contributed by atoms with Gasteiger partial charge in [-0.25, -0.2) is 4.79 Å². The van der Waals surface area contributed by atoms with E-state index < -0.39 is 23.2 Å². The Morgan fingerprint density at radius 1 is 0.589 bits per heavy atom. The van der Waals surface area contributed by atoms with Crippen molar-refractivity contribution in [3.05, 3.63) is 215 Å². The Bertz CT molecular complexity index is 2330. The van der Waals surface area contributed by atoms with Crippen molar-refractivity contribution < 1.29 is 23.8 Å². The van der Waals surface area contributed by atoms with E-state index in [4.69, 9.17) is 25.7 Å². The molecule has 9 nitrogen and oxygen atoms in total. The molecule has 1 saturated heterocycles. The molecule has 0 bridgehead atoms. The minimum absolute atomic E-state index is 0.171. The Morgan fingerprint density at radius 2 is 0.973 bits per heavy atom. The number of carbonyl (C=O) groups excluding carboxylic acids is 2. The van der Waals surface area contributed by atoms with E-state index in [-0.39, 0.29) is 27.9 Å². The Kier molecular flexibility index (Phi) is 21.6. The van der Waals surface area contributed by atoms with Gasteiger partial charge in [-0.2, -0.15) is 0 Å². The molecule has 0 saturated carbocycles. The molecule has 73 heavy (non-hydrogen) atoms. The molecule has 388 valence electrons. The lowest BCUT2D eigenvalue weighted by Gasteiger charge is -2.61. The highest BCUT2D eigenvalue weighted by Crippen LogP contribution is 2.68. The lowest BCUT2D eigenvalue weighted by atomic mass is 9.51. The molecule has 2 amide bonds. The van der Waals surface area contributed by atoms with Crippen LogP contribution in [-0.2, 0) is 29.8 Å². The van der Waals surface area contributed by atoms with Gasteiger partial charge in [0.2, 0.25) is 5.91 Å². The van der Waals surface area contributed by atoms with Crippen LogP contribution in [-0.4, -0.2) is 79.7 Å². The maximum absolute atomic E-state index is 11.7. The van der Waals surface area contributed by atoms with Crippen LogP contribution >= 0.6 is 21.6 Å². The summed E-state index contributed by atoms with van der Waals surface area (Å²) in [4.78, 5) is 23.1. The Hall–Kier alpha value is -5.40. The summed E-state index contributed by atoms with van der Waals surface area (Å²) < 4.78 is 15.5. The van der Waals surface area contributed by atoms with Gasteiger partial charge < -0.3 is 36.3 Å². The predicted octanol–water partition coefficient (Wildman–Crippen LogP) is 12.0. The smallest absolute Gasteiger partial charge is 0.407 e. The van der Waals surface area contributed by atoms with Crippen molar-refractivity contribution in [2.45, 2.75) is 93.3 Å². The molecule has 0 aromatic heterocycles. The van der Waals surface area contributed by atoms with Crippen LogP contribution in [0, 0.1) is 11.8 Å². The number of rotatable bonds is 22. The largest absolute Gasteiger partial charge is 0.444 e. The lowest BCUT2D eigenvalue weighted by molar-refractivity contribution is -0.122. The molecule has 11 heteroatoms. The number of nitrogens with one attached hydrogen (secondary N) is 2. The van der Waals surface area contributed by atoms with Crippen molar-refractivity contribution >= 4 is 33.6 Å². The highest BCUT2D eigenvalue weighted by molar-refractivity contribution is 8.77. The van der Waals surface area contributed by atoms with Crippen molar-refractivity contribution in [2.24, 2.45) is 23.3 Å². The number of ether oxygens (including phenoxy) is 3. The molecule has 1 heterocycles. The Morgan fingerprint density at radius 3 is 1.36 bits per heavy atom. The summed E-state index contributed by atoms with van der Waals surface area (Å²) in [6.07, 6.45) is 1.89. The summed E-state index contributed by atoms with van der Waals surface area (Å²) in [7, 11) is 4.17. The van der Waals surface area contributed by atoms with Gasteiger partial charge in [-0.05, 0) is 92.3 Å². The van der Waals surface area contributed by atoms with Crippen molar-refractivity contribution in [1.82, 2.24) is 10.6 Å². The second-order valence-corrected chi connectivity index (χ2v) is 22.9. The highest BCUT2D eigenvalue weighted by atomic mass is 33.1. The summed E-state index contributed by atoms with van der Waals surface area (Å²) >= 11 is 0. The van der Waals surface area contributed by atoms with Gasteiger partial charge in [0, 0.05) is 28.5 Å². The van der Waals surface area contributed by atoms with Gasteiger partial charge in [-0.1, -0.05) is 224 Å². The number of hydrogen-bond acceptors (Lipinski definition) is 9. The number of amides is 2. The molecule has 1 aliphatic heterocycles. The predicted molar refractivity (Wildman–Crippen MR) is 304 cm³/mol. The van der Waals surface area contributed by atoms with Gasteiger partial charge in [-0.15, -0.1) is 0 Å². The van der Waals surface area contributed by atoms with Crippen LogP contribution in [0.15, 0.2) is 182 Å². The van der Waals surface area contributed by atoms with Gasteiger partial charge in [0.25, 0.3) is 0 Å². The van der Waals surface area contributed by atoms with E-state index in [1.807, 2.05) is 0 Å². The third-order valence-corrected chi connectivity index (χ3v) is 17.9. The first kappa shape index (κ1) is 56.9. The minimum Gasteiger partial charge on any atom is -0.444 e.